The lowest BCUT2D eigenvalue weighted by atomic mass is 10.3. The van der Waals surface area contributed by atoms with Crippen molar-refractivity contribution >= 4 is 23.3 Å². The number of fused-ring (bicyclic) bond motifs is 1. The Bertz CT molecular complexity index is 645. The highest BCUT2D eigenvalue weighted by molar-refractivity contribution is 7.71. The molecule has 104 valence electrons. The highest BCUT2D eigenvalue weighted by Crippen LogP contribution is 2.19. The molecular weight excluding hydrogens is 268 g/mol. The van der Waals surface area contributed by atoms with Gasteiger partial charge in [0.05, 0.1) is 5.52 Å². The van der Waals surface area contributed by atoms with E-state index in [1.165, 1.54) is 6.07 Å². The van der Waals surface area contributed by atoms with Crippen LogP contribution in [-0.4, -0.2) is 34.1 Å². The second kappa shape index (κ2) is 5.38. The van der Waals surface area contributed by atoms with Crippen molar-refractivity contribution in [2.75, 3.05) is 13.6 Å². The molecule has 0 aliphatic carbocycles. The lowest BCUT2D eigenvalue weighted by Gasteiger charge is -2.21. The molecule has 0 amide bonds. The second-order valence-electron chi connectivity index (χ2n) is 4.94. The first-order valence-corrected chi connectivity index (χ1v) is 6.58. The van der Waals surface area contributed by atoms with Crippen molar-refractivity contribution in [3.8, 4) is 0 Å². The summed E-state index contributed by atoms with van der Waals surface area (Å²) < 4.78 is 29.1. The van der Waals surface area contributed by atoms with Crippen molar-refractivity contribution in [2.24, 2.45) is 0 Å². The van der Waals surface area contributed by atoms with Gasteiger partial charge >= 0.3 is 0 Å². The predicted octanol–water partition coefficient (Wildman–Crippen LogP) is 3.32. The van der Waals surface area contributed by atoms with Gasteiger partial charge in [-0.15, -0.1) is 0 Å². The van der Waals surface area contributed by atoms with E-state index in [0.717, 1.165) is 12.6 Å². The van der Waals surface area contributed by atoms with Crippen molar-refractivity contribution < 1.29 is 8.78 Å². The Morgan fingerprint density at radius 3 is 2.68 bits per heavy atom. The van der Waals surface area contributed by atoms with Gasteiger partial charge in [0.25, 0.3) is 0 Å². The summed E-state index contributed by atoms with van der Waals surface area (Å²) >= 11 is 5.17. The average molecular weight is 285 g/mol. The average Bonchev–Trinajstić information content (AvgIpc) is 2.63. The Balaban J connectivity index is 2.38. The van der Waals surface area contributed by atoms with E-state index in [1.54, 1.807) is 4.57 Å². The van der Waals surface area contributed by atoms with Gasteiger partial charge in [-0.25, -0.2) is 8.78 Å². The topological polar surface area (TPSA) is 24.0 Å². The molecule has 1 N–H and O–H groups in total. The van der Waals surface area contributed by atoms with Gasteiger partial charge in [0.15, 0.2) is 10.6 Å². The van der Waals surface area contributed by atoms with Crippen LogP contribution in [0.2, 0.25) is 0 Å². The molecule has 3 nitrogen and oxygen atoms in total. The zero-order valence-electron chi connectivity index (χ0n) is 11.2. The van der Waals surface area contributed by atoms with Gasteiger partial charge < -0.3 is 14.5 Å². The Kier molecular flexibility index (Phi) is 4.01. The second-order valence-corrected chi connectivity index (χ2v) is 5.32. The normalized spacial score (nSPS) is 11.9. The van der Waals surface area contributed by atoms with Crippen molar-refractivity contribution in [3.63, 3.8) is 0 Å². The van der Waals surface area contributed by atoms with E-state index in [2.05, 4.69) is 23.7 Å². The van der Waals surface area contributed by atoms with Crippen molar-refractivity contribution in [1.82, 2.24) is 14.5 Å². The highest BCUT2D eigenvalue weighted by Gasteiger charge is 2.12. The molecule has 0 bridgehead atoms. The Morgan fingerprint density at radius 2 is 2.05 bits per heavy atom. The van der Waals surface area contributed by atoms with Gasteiger partial charge in [-0.1, -0.05) is 0 Å². The maximum atomic E-state index is 13.6. The molecule has 1 aromatic heterocycles. The number of likely N-dealkylation sites (N-methyl/N-ethyl adjacent to an activating group) is 1. The number of aromatic amines is 1. The number of hydrogen-bond donors (Lipinski definition) is 1. The van der Waals surface area contributed by atoms with Crippen LogP contribution in [0, 0.1) is 16.4 Å². The molecule has 0 spiro atoms. The zero-order chi connectivity index (χ0) is 14.2. The van der Waals surface area contributed by atoms with Gasteiger partial charge in [0.1, 0.15) is 11.3 Å². The summed E-state index contributed by atoms with van der Waals surface area (Å²) in [6.07, 6.45) is 0. The lowest BCUT2D eigenvalue weighted by Crippen LogP contribution is -2.29. The summed E-state index contributed by atoms with van der Waals surface area (Å²) in [5.41, 5.74) is 0.734. The Labute approximate surface area is 115 Å². The number of H-pyrrole nitrogens is 1. The standard InChI is InChI=1S/C13H17F2N3S/c1-8(2)17(3)4-5-18-11-7-9(14)6-10(15)12(11)16-13(18)19/h6-8H,4-5H2,1-3H3,(H,16,19). The van der Waals surface area contributed by atoms with Crippen molar-refractivity contribution in [1.29, 1.82) is 0 Å². The molecule has 0 saturated heterocycles. The van der Waals surface area contributed by atoms with E-state index < -0.39 is 11.6 Å². The van der Waals surface area contributed by atoms with Gasteiger partial charge in [0.2, 0.25) is 0 Å². The minimum absolute atomic E-state index is 0.263. The van der Waals surface area contributed by atoms with Crippen LogP contribution in [-0.2, 0) is 6.54 Å². The summed E-state index contributed by atoms with van der Waals surface area (Å²) in [5.74, 6) is -1.21. The summed E-state index contributed by atoms with van der Waals surface area (Å²) in [5, 5.41) is 0. The summed E-state index contributed by atoms with van der Waals surface area (Å²) in [7, 11) is 2.00. The first kappa shape index (κ1) is 14.1. The van der Waals surface area contributed by atoms with E-state index in [9.17, 15) is 8.78 Å². The number of nitrogens with zero attached hydrogens (tertiary/aromatic N) is 2. The van der Waals surface area contributed by atoms with Crippen LogP contribution in [0.5, 0.6) is 0 Å². The van der Waals surface area contributed by atoms with Crippen LogP contribution < -0.4 is 0 Å². The van der Waals surface area contributed by atoms with Crippen molar-refractivity contribution in [3.05, 3.63) is 28.5 Å². The molecule has 0 aliphatic rings. The summed E-state index contributed by atoms with van der Waals surface area (Å²) in [6, 6.07) is 2.58. The van der Waals surface area contributed by atoms with E-state index in [1.807, 2.05) is 7.05 Å². The van der Waals surface area contributed by atoms with Gasteiger partial charge in [0, 0.05) is 25.2 Å². The summed E-state index contributed by atoms with van der Waals surface area (Å²) in [4.78, 5) is 4.94. The third-order valence-electron chi connectivity index (χ3n) is 3.36. The van der Waals surface area contributed by atoms with E-state index >= 15 is 0 Å². The Morgan fingerprint density at radius 1 is 1.37 bits per heavy atom. The largest absolute Gasteiger partial charge is 0.328 e. The number of imidazole rings is 1. The van der Waals surface area contributed by atoms with Crippen LogP contribution in [0.15, 0.2) is 12.1 Å². The van der Waals surface area contributed by atoms with Crippen molar-refractivity contribution in [2.45, 2.75) is 26.4 Å². The molecule has 0 atom stereocenters. The van der Waals surface area contributed by atoms with Crippen LogP contribution in [0.1, 0.15) is 13.8 Å². The number of benzene rings is 1. The number of aromatic nitrogens is 2. The maximum Gasteiger partial charge on any atom is 0.178 e. The maximum absolute atomic E-state index is 13.6. The number of halogens is 2. The molecule has 2 rings (SSSR count). The molecular formula is C13H17F2N3S. The highest BCUT2D eigenvalue weighted by atomic mass is 32.1. The lowest BCUT2D eigenvalue weighted by molar-refractivity contribution is 0.263. The minimum atomic E-state index is -0.614. The minimum Gasteiger partial charge on any atom is -0.328 e. The fraction of sp³-hybridized carbons (Fsp3) is 0.462. The van der Waals surface area contributed by atoms with Gasteiger partial charge in [-0.05, 0) is 39.2 Å². The monoisotopic (exact) mass is 285 g/mol. The number of rotatable bonds is 4. The SMILES string of the molecule is CC(C)N(C)CCn1c(=S)[nH]c2c(F)cc(F)cc21. The van der Waals surface area contributed by atoms with Crippen LogP contribution >= 0.6 is 12.2 Å². The molecule has 1 aromatic carbocycles. The van der Waals surface area contributed by atoms with E-state index in [0.29, 0.717) is 22.9 Å². The third kappa shape index (κ3) is 2.84. The first-order valence-electron chi connectivity index (χ1n) is 6.18. The van der Waals surface area contributed by atoms with Gasteiger partial charge in [-0.3, -0.25) is 0 Å². The van der Waals surface area contributed by atoms with Gasteiger partial charge in [-0.2, -0.15) is 0 Å². The molecule has 0 aliphatic heterocycles. The van der Waals surface area contributed by atoms with Crippen LogP contribution in [0.4, 0.5) is 8.78 Å². The van der Waals surface area contributed by atoms with E-state index in [4.69, 9.17) is 12.2 Å². The quantitative estimate of drug-likeness (QED) is 0.871. The Hall–Kier alpha value is -1.27. The fourth-order valence-corrected chi connectivity index (χ4v) is 2.21. The van der Waals surface area contributed by atoms with Crippen LogP contribution in [0.3, 0.4) is 0 Å². The first-order chi connectivity index (χ1) is 8.90. The molecule has 1 heterocycles. The smallest absolute Gasteiger partial charge is 0.178 e. The molecule has 0 radical (unpaired) electrons. The molecule has 19 heavy (non-hydrogen) atoms. The number of nitrogens with one attached hydrogen (secondary N) is 1. The molecule has 0 unspecified atom stereocenters. The molecule has 2 aromatic rings. The van der Waals surface area contributed by atoms with E-state index in [-0.39, 0.29) is 5.52 Å². The summed E-state index contributed by atoms with van der Waals surface area (Å²) in [6.45, 7) is 5.54. The molecule has 0 saturated carbocycles. The fourth-order valence-electron chi connectivity index (χ4n) is 1.92. The predicted molar refractivity (Wildman–Crippen MR) is 74.8 cm³/mol. The molecule has 6 heteroatoms. The zero-order valence-corrected chi connectivity index (χ0v) is 12.0. The number of hydrogen-bond acceptors (Lipinski definition) is 2. The third-order valence-corrected chi connectivity index (χ3v) is 3.68. The van der Waals surface area contributed by atoms with Crippen LogP contribution in [0.25, 0.3) is 11.0 Å². The molecule has 0 fully saturated rings.